The van der Waals surface area contributed by atoms with Gasteiger partial charge in [-0.05, 0) is 136 Å². The third-order valence-electron chi connectivity index (χ3n) is 13.1. The van der Waals surface area contributed by atoms with Crippen LogP contribution in [0.2, 0.25) is 0 Å². The van der Waals surface area contributed by atoms with Gasteiger partial charge in [0.15, 0.2) is 23.0 Å². The van der Waals surface area contributed by atoms with Crippen LogP contribution in [-0.4, -0.2) is 34.7 Å². The number of benzene rings is 8. The Morgan fingerprint density at radius 1 is 0.526 bits per heavy atom. The Kier molecular flexibility index (Phi) is 20.8. The van der Waals surface area contributed by atoms with Gasteiger partial charge in [-0.2, -0.15) is 0 Å². The second-order valence-corrected chi connectivity index (χ2v) is 18.7. The second-order valence-electron chi connectivity index (χ2n) is 18.7. The molecule has 0 unspecified atom stereocenters. The number of ether oxygens (including phenoxy) is 1. The number of halogens is 1. The average Bonchev–Trinajstić information content (AvgIpc) is 4.39. The van der Waals surface area contributed by atoms with Crippen molar-refractivity contribution in [3.05, 3.63) is 298 Å². The standard InChI is InChI=1S/C70H57FO5.2Pd/c1-2-43-76-67-49-58(48-60(56-35-36-56)68(67)57-37-39-59(71)40-38-57)61(44-52-25-13-5-14-26-52)69(74)64(47-55-31-19-8-20-32-55)70(75,62(45-53-27-15-6-16-28-53)65(72)41-33-50-21-9-3-10-22-50)63(46-54-29-17-7-18-30-54)66(73)42-34-51-23-11-4-12-24-51;;/h3-34,37-42,44-49,56,75H,2,35-36,43H2,1H3;;. The maximum atomic E-state index is 16.9. The van der Waals surface area contributed by atoms with E-state index in [1.54, 1.807) is 72.9 Å². The van der Waals surface area contributed by atoms with Crippen molar-refractivity contribution < 1.29 is 69.5 Å². The van der Waals surface area contributed by atoms with E-state index in [2.05, 4.69) is 0 Å². The van der Waals surface area contributed by atoms with Crippen molar-refractivity contribution in [3.63, 3.8) is 0 Å². The molecular weight excluding hydrogens is 1150 g/mol. The summed E-state index contributed by atoms with van der Waals surface area (Å²) in [6.45, 7) is 2.38. The van der Waals surface area contributed by atoms with Crippen LogP contribution in [0.3, 0.4) is 0 Å². The van der Waals surface area contributed by atoms with Crippen LogP contribution in [0, 0.1) is 5.82 Å². The van der Waals surface area contributed by atoms with Gasteiger partial charge in [-0.3, -0.25) is 14.4 Å². The van der Waals surface area contributed by atoms with E-state index >= 15 is 14.4 Å². The largest absolute Gasteiger partial charge is 0.493 e. The van der Waals surface area contributed by atoms with E-state index in [9.17, 15) is 9.50 Å². The molecule has 0 aromatic heterocycles. The molecule has 8 aromatic rings. The van der Waals surface area contributed by atoms with Crippen LogP contribution in [0.1, 0.15) is 76.6 Å². The van der Waals surface area contributed by atoms with Gasteiger partial charge in [-0.1, -0.05) is 213 Å². The first-order valence-corrected chi connectivity index (χ1v) is 25.7. The van der Waals surface area contributed by atoms with Crippen LogP contribution >= 0.6 is 0 Å². The quantitative estimate of drug-likeness (QED) is 0.0440. The molecule has 1 aliphatic rings. The maximum Gasteiger partial charge on any atom is 0.193 e. The van der Waals surface area contributed by atoms with E-state index in [1.807, 2.05) is 177 Å². The summed E-state index contributed by atoms with van der Waals surface area (Å²) in [4.78, 5) is 48.2. The van der Waals surface area contributed by atoms with E-state index in [-0.39, 0.29) is 74.9 Å². The van der Waals surface area contributed by atoms with E-state index in [1.165, 1.54) is 24.3 Å². The number of carbonyl (C=O) groups excluding carboxylic acids is 3. The number of allylic oxidation sites excluding steroid dienone is 3. The van der Waals surface area contributed by atoms with Crippen LogP contribution in [0.4, 0.5) is 4.39 Å². The third kappa shape index (κ3) is 14.6. The van der Waals surface area contributed by atoms with E-state index in [4.69, 9.17) is 4.74 Å². The number of aliphatic hydroxyl groups is 1. The van der Waals surface area contributed by atoms with Crippen LogP contribution in [0.15, 0.2) is 247 Å². The molecule has 0 atom stereocenters. The summed E-state index contributed by atoms with van der Waals surface area (Å²) in [5, 5.41) is 14.8. The fraction of sp³-hybridized carbons (Fsp3) is 0.100. The summed E-state index contributed by atoms with van der Waals surface area (Å²) in [7, 11) is 0. The Hall–Kier alpha value is -7.78. The number of carbonyl (C=O) groups is 3. The summed E-state index contributed by atoms with van der Waals surface area (Å²) < 4.78 is 21.1. The van der Waals surface area contributed by atoms with Crippen LogP contribution in [-0.2, 0) is 55.2 Å². The average molecular weight is 1210 g/mol. The molecule has 78 heavy (non-hydrogen) atoms. The predicted molar refractivity (Wildman–Crippen MR) is 308 cm³/mol. The predicted octanol–water partition coefficient (Wildman–Crippen LogP) is 15.8. The molecule has 8 heteroatoms. The van der Waals surface area contributed by atoms with E-state index < -0.39 is 23.0 Å². The number of hydrogen-bond donors (Lipinski definition) is 1. The Balaban J connectivity index is 0.00000441. The zero-order valence-electron chi connectivity index (χ0n) is 42.9. The van der Waals surface area contributed by atoms with Gasteiger partial charge in [0.2, 0.25) is 0 Å². The van der Waals surface area contributed by atoms with Gasteiger partial charge in [0.05, 0.1) is 6.61 Å². The van der Waals surface area contributed by atoms with Gasteiger partial charge in [0.25, 0.3) is 0 Å². The normalized spacial score (nSPS) is 13.8. The Bertz CT molecular complexity index is 3380. The van der Waals surface area contributed by atoms with Crippen molar-refractivity contribution in [1.82, 2.24) is 0 Å². The van der Waals surface area contributed by atoms with Gasteiger partial charge < -0.3 is 9.84 Å². The van der Waals surface area contributed by atoms with Crippen molar-refractivity contribution in [2.24, 2.45) is 0 Å². The molecule has 0 heterocycles. The third-order valence-corrected chi connectivity index (χ3v) is 13.1. The topological polar surface area (TPSA) is 80.7 Å². The van der Waals surface area contributed by atoms with Gasteiger partial charge in [-0.25, -0.2) is 4.39 Å². The first-order chi connectivity index (χ1) is 37.2. The summed E-state index contributed by atoms with van der Waals surface area (Å²) in [6, 6.07) is 65.5. The number of rotatable bonds is 21. The molecule has 1 aliphatic carbocycles. The molecule has 0 aliphatic heterocycles. The molecular formula is C70H57FO5Pd2. The second kappa shape index (κ2) is 28.0. The van der Waals surface area contributed by atoms with Gasteiger partial charge in [0.1, 0.15) is 11.6 Å². The molecule has 0 amide bonds. The Morgan fingerprint density at radius 2 is 0.910 bits per heavy atom. The molecule has 0 bridgehead atoms. The van der Waals surface area contributed by atoms with Crippen molar-refractivity contribution in [3.8, 4) is 16.9 Å². The zero-order valence-corrected chi connectivity index (χ0v) is 46.0. The number of hydrogen-bond acceptors (Lipinski definition) is 5. The summed E-state index contributed by atoms with van der Waals surface area (Å²) in [6.07, 6.45) is 15.0. The molecule has 0 spiro atoms. The van der Waals surface area contributed by atoms with Gasteiger partial charge in [-0.15, -0.1) is 0 Å². The zero-order chi connectivity index (χ0) is 52.7. The van der Waals surface area contributed by atoms with Crippen molar-refractivity contribution in [1.29, 1.82) is 0 Å². The van der Waals surface area contributed by atoms with Crippen LogP contribution in [0.25, 0.3) is 53.2 Å². The Labute approximate surface area is 484 Å². The first kappa shape index (κ1) is 57.9. The van der Waals surface area contributed by atoms with Gasteiger partial charge >= 0.3 is 0 Å². The minimum atomic E-state index is -2.79. The van der Waals surface area contributed by atoms with E-state index in [0.29, 0.717) is 46.6 Å². The fourth-order valence-corrected chi connectivity index (χ4v) is 9.18. The minimum Gasteiger partial charge on any atom is -0.493 e. The molecule has 9 rings (SSSR count). The summed E-state index contributed by atoms with van der Waals surface area (Å²) >= 11 is 0. The van der Waals surface area contributed by atoms with Crippen molar-refractivity contribution in [2.45, 2.75) is 37.7 Å². The minimum absolute atomic E-state index is 0. The number of Topliss-reactive ketones (excluding diaryl/α,β-unsaturated/α-hetero) is 1. The maximum absolute atomic E-state index is 16.9. The van der Waals surface area contributed by atoms with Gasteiger partial charge in [0, 0.05) is 68.7 Å². The first-order valence-electron chi connectivity index (χ1n) is 25.7. The van der Waals surface area contributed by atoms with Crippen LogP contribution < -0.4 is 4.74 Å². The molecule has 1 N–H and O–H groups in total. The SMILES string of the molecule is CCCOc1cc(C(=Cc2ccccc2)C(=O)C(=Cc2ccccc2)C(O)(C(=Cc2ccccc2)C(=O)C=Cc2ccccc2)C(=Cc2ccccc2)C(=O)C=Cc2ccccc2)cc(C2CC2)c1-c1ccc(F)cc1.[Pd].[Pd]. The van der Waals surface area contributed by atoms with Crippen molar-refractivity contribution in [2.75, 3.05) is 6.61 Å². The summed E-state index contributed by atoms with van der Waals surface area (Å²) in [5.41, 5.74) is 3.36. The van der Waals surface area contributed by atoms with Crippen LogP contribution in [0.5, 0.6) is 5.75 Å². The molecule has 1 saturated carbocycles. The van der Waals surface area contributed by atoms with Crippen molar-refractivity contribution >= 4 is 59.4 Å². The molecule has 394 valence electrons. The fourth-order valence-electron chi connectivity index (χ4n) is 9.18. The molecule has 0 radical (unpaired) electrons. The monoisotopic (exact) mass is 1210 g/mol. The molecule has 0 saturated heterocycles. The molecule has 1 fully saturated rings. The number of ketones is 3. The Morgan fingerprint density at radius 3 is 1.31 bits per heavy atom. The molecule has 5 nitrogen and oxygen atoms in total. The molecule has 8 aromatic carbocycles. The smallest absolute Gasteiger partial charge is 0.193 e. The summed E-state index contributed by atoms with van der Waals surface area (Å²) in [5.74, 6) is -1.69. The van der Waals surface area contributed by atoms with E-state index in [0.717, 1.165) is 40.7 Å².